The van der Waals surface area contributed by atoms with E-state index in [1.165, 1.54) is 10.8 Å². The molecule has 27 heavy (non-hydrogen) atoms. The Labute approximate surface area is 157 Å². The highest BCUT2D eigenvalue weighted by atomic mass is 32.2. The second kappa shape index (κ2) is 5.92. The summed E-state index contributed by atoms with van der Waals surface area (Å²) < 4.78 is 21.5. The van der Waals surface area contributed by atoms with Crippen molar-refractivity contribution in [2.45, 2.75) is 0 Å². The van der Waals surface area contributed by atoms with Gasteiger partial charge in [-0.15, -0.1) is 0 Å². The van der Waals surface area contributed by atoms with Crippen molar-refractivity contribution in [2.24, 2.45) is 0 Å². The zero-order valence-corrected chi connectivity index (χ0v) is 15.2. The van der Waals surface area contributed by atoms with E-state index in [1.807, 2.05) is 25.2 Å². The summed E-state index contributed by atoms with van der Waals surface area (Å²) in [6.07, 6.45) is 4.79. The summed E-state index contributed by atoms with van der Waals surface area (Å²) in [6.45, 7) is 1.46. The van der Waals surface area contributed by atoms with Gasteiger partial charge >= 0.3 is 0 Å². The van der Waals surface area contributed by atoms with Crippen molar-refractivity contribution in [1.82, 2.24) is 19.5 Å². The van der Waals surface area contributed by atoms with Crippen molar-refractivity contribution in [3.05, 3.63) is 42.7 Å². The van der Waals surface area contributed by atoms with E-state index < -0.39 is 11.0 Å². The number of anilines is 1. The van der Waals surface area contributed by atoms with Gasteiger partial charge in [-0.3, -0.25) is 9.52 Å². The second-order valence-corrected chi connectivity index (χ2v) is 7.53. The van der Waals surface area contributed by atoms with Gasteiger partial charge in [0, 0.05) is 30.3 Å². The number of nitrogens with zero attached hydrogens (tertiary/aromatic N) is 4. The average molecular weight is 381 g/mol. The van der Waals surface area contributed by atoms with Crippen LogP contribution in [0, 0.1) is 0 Å². The van der Waals surface area contributed by atoms with E-state index in [1.54, 1.807) is 12.4 Å². The maximum atomic E-state index is 12.0. The SMILES string of the molecule is CN1CCOc2ncc(-c3ccc4c(cnn4C4=CC(=O)NS4=O)c3)cc21. The maximum Gasteiger partial charge on any atom is 0.258 e. The first kappa shape index (κ1) is 16.0. The molecule has 1 aromatic carbocycles. The molecule has 0 spiro atoms. The van der Waals surface area contributed by atoms with Gasteiger partial charge in [0.1, 0.15) is 12.3 Å². The lowest BCUT2D eigenvalue weighted by molar-refractivity contribution is -0.114. The first-order valence-electron chi connectivity index (χ1n) is 8.37. The van der Waals surface area contributed by atoms with E-state index in [0.717, 1.165) is 34.3 Å². The van der Waals surface area contributed by atoms with Crippen LogP contribution in [0.4, 0.5) is 5.69 Å². The van der Waals surface area contributed by atoms with Gasteiger partial charge in [-0.1, -0.05) is 6.07 Å². The van der Waals surface area contributed by atoms with Gasteiger partial charge in [0.25, 0.3) is 5.91 Å². The molecule has 0 aliphatic carbocycles. The minimum Gasteiger partial charge on any atom is -0.474 e. The molecule has 2 aliphatic heterocycles. The van der Waals surface area contributed by atoms with Crippen LogP contribution in [0.5, 0.6) is 5.88 Å². The lowest BCUT2D eigenvalue weighted by atomic mass is 10.1. The predicted molar refractivity (Wildman–Crippen MR) is 102 cm³/mol. The highest BCUT2D eigenvalue weighted by Crippen LogP contribution is 2.34. The standard InChI is InChI=1S/C18H15N5O3S/c1-22-4-5-26-18-15(22)7-12(9-19-18)11-2-3-14-13(6-11)10-20-23(14)17-8-16(24)21-27(17)25/h2-3,6-10H,4-5H2,1H3,(H,21,24). The molecule has 136 valence electrons. The topological polar surface area (TPSA) is 89.3 Å². The summed E-state index contributed by atoms with van der Waals surface area (Å²) in [5, 5.41) is 5.51. The molecule has 9 heteroatoms. The van der Waals surface area contributed by atoms with Crippen LogP contribution < -0.4 is 14.4 Å². The molecule has 0 saturated carbocycles. The third-order valence-corrected chi connectivity index (χ3v) is 5.71. The summed E-state index contributed by atoms with van der Waals surface area (Å²) in [4.78, 5) is 18.0. The van der Waals surface area contributed by atoms with E-state index in [9.17, 15) is 9.00 Å². The van der Waals surface area contributed by atoms with Gasteiger partial charge in [-0.25, -0.2) is 13.9 Å². The Bertz CT molecular complexity index is 1150. The number of rotatable bonds is 2. The first-order chi connectivity index (χ1) is 13.1. The third-order valence-electron chi connectivity index (χ3n) is 4.66. The number of amides is 1. The Kier molecular flexibility index (Phi) is 3.51. The molecular weight excluding hydrogens is 366 g/mol. The number of carbonyl (C=O) groups is 1. The van der Waals surface area contributed by atoms with Crippen LogP contribution in [0.25, 0.3) is 27.1 Å². The van der Waals surface area contributed by atoms with E-state index in [0.29, 0.717) is 17.5 Å². The summed E-state index contributed by atoms with van der Waals surface area (Å²) in [5.74, 6) is 0.268. The Morgan fingerprint density at radius 3 is 2.93 bits per heavy atom. The largest absolute Gasteiger partial charge is 0.474 e. The second-order valence-electron chi connectivity index (χ2n) is 6.37. The molecule has 0 radical (unpaired) electrons. The molecule has 2 aromatic heterocycles. The Morgan fingerprint density at radius 2 is 2.11 bits per heavy atom. The van der Waals surface area contributed by atoms with Gasteiger partial charge in [-0.05, 0) is 23.8 Å². The molecule has 8 nitrogen and oxygen atoms in total. The zero-order valence-electron chi connectivity index (χ0n) is 14.4. The Morgan fingerprint density at radius 1 is 1.22 bits per heavy atom. The van der Waals surface area contributed by atoms with E-state index in [2.05, 4.69) is 25.8 Å². The molecule has 1 atom stereocenters. The lowest BCUT2D eigenvalue weighted by Crippen LogP contribution is -2.29. The minimum atomic E-state index is -1.59. The molecule has 5 rings (SSSR count). The minimum absolute atomic E-state index is 0.331. The van der Waals surface area contributed by atoms with Crippen LogP contribution >= 0.6 is 0 Å². The van der Waals surface area contributed by atoms with E-state index >= 15 is 0 Å². The number of fused-ring (bicyclic) bond motifs is 2. The molecule has 1 unspecified atom stereocenters. The normalized spacial score (nSPS) is 18.9. The molecule has 0 saturated heterocycles. The average Bonchev–Trinajstić information content (AvgIpc) is 3.23. The number of aromatic nitrogens is 3. The van der Waals surface area contributed by atoms with Gasteiger partial charge in [0.2, 0.25) is 5.88 Å². The maximum absolute atomic E-state index is 12.0. The number of ether oxygens (including phenoxy) is 1. The summed E-state index contributed by atoms with van der Waals surface area (Å²) in [5.41, 5.74) is 3.71. The molecule has 0 fully saturated rings. The first-order valence-corrected chi connectivity index (χ1v) is 9.52. The lowest BCUT2D eigenvalue weighted by Gasteiger charge is -2.27. The van der Waals surface area contributed by atoms with Crippen molar-refractivity contribution in [1.29, 1.82) is 0 Å². The highest BCUT2D eigenvalue weighted by molar-refractivity contribution is 7.93. The monoisotopic (exact) mass is 381 g/mol. The molecule has 3 aromatic rings. The molecule has 4 heterocycles. The fourth-order valence-corrected chi connectivity index (χ4v) is 4.11. The Hall–Kier alpha value is -3.20. The molecule has 1 N–H and O–H groups in total. The van der Waals surface area contributed by atoms with Crippen molar-refractivity contribution >= 4 is 38.5 Å². The number of hydrogen-bond donors (Lipinski definition) is 1. The quantitative estimate of drug-likeness (QED) is 0.724. The predicted octanol–water partition coefficient (Wildman–Crippen LogP) is 1.52. The number of pyridine rings is 1. The van der Waals surface area contributed by atoms with Gasteiger partial charge in [0.05, 0.1) is 18.3 Å². The van der Waals surface area contributed by atoms with E-state index in [-0.39, 0.29) is 5.91 Å². The summed E-state index contributed by atoms with van der Waals surface area (Å²) >= 11 is 0. The Balaban J connectivity index is 1.57. The summed E-state index contributed by atoms with van der Waals surface area (Å²) in [6, 6.07) is 7.92. The highest BCUT2D eigenvalue weighted by Gasteiger charge is 2.23. The number of nitrogens with one attached hydrogen (secondary N) is 1. The van der Waals surface area contributed by atoms with Gasteiger partial charge < -0.3 is 9.64 Å². The fraction of sp³-hybridized carbons (Fsp3) is 0.167. The van der Waals surface area contributed by atoms with Crippen LogP contribution in [0.1, 0.15) is 0 Å². The molecular formula is C18H15N5O3S. The summed E-state index contributed by atoms with van der Waals surface area (Å²) in [7, 11) is 0.428. The number of hydrogen-bond acceptors (Lipinski definition) is 6. The van der Waals surface area contributed by atoms with Crippen molar-refractivity contribution < 1.29 is 13.7 Å². The number of carbonyl (C=O) groups excluding carboxylic acids is 1. The smallest absolute Gasteiger partial charge is 0.258 e. The van der Waals surface area contributed by atoms with Crippen LogP contribution in [0.3, 0.4) is 0 Å². The van der Waals surface area contributed by atoms with Crippen LogP contribution in [0.15, 0.2) is 42.7 Å². The van der Waals surface area contributed by atoms with Gasteiger partial charge in [0.15, 0.2) is 16.0 Å². The van der Waals surface area contributed by atoms with Crippen LogP contribution in [-0.2, 0) is 15.8 Å². The van der Waals surface area contributed by atoms with Gasteiger partial charge in [-0.2, -0.15) is 5.10 Å². The van der Waals surface area contributed by atoms with Crippen molar-refractivity contribution in [3.8, 4) is 17.0 Å². The number of benzene rings is 1. The molecule has 2 aliphatic rings. The zero-order chi connectivity index (χ0) is 18.5. The van der Waals surface area contributed by atoms with Crippen molar-refractivity contribution in [2.75, 3.05) is 25.1 Å². The van der Waals surface area contributed by atoms with Crippen LogP contribution in [0.2, 0.25) is 0 Å². The van der Waals surface area contributed by atoms with Crippen LogP contribution in [-0.4, -0.2) is 45.1 Å². The van der Waals surface area contributed by atoms with Crippen molar-refractivity contribution in [3.63, 3.8) is 0 Å². The fourth-order valence-electron chi connectivity index (χ4n) is 3.25. The van der Waals surface area contributed by atoms with E-state index in [4.69, 9.17) is 4.74 Å². The molecule has 1 amide bonds. The molecule has 0 bridgehead atoms. The number of likely N-dealkylation sites (N-methyl/N-ethyl adjacent to an activating group) is 1. The third kappa shape index (κ3) is 2.58.